The Morgan fingerprint density at radius 2 is 1.77 bits per heavy atom. The molecule has 2 heterocycles. The van der Waals surface area contributed by atoms with Gasteiger partial charge in [0.15, 0.2) is 0 Å². The Kier molecular flexibility index (Phi) is 8.31. The van der Waals surface area contributed by atoms with E-state index in [-0.39, 0.29) is 5.75 Å². The third-order valence-electron chi connectivity index (χ3n) is 8.45. The summed E-state index contributed by atoms with van der Waals surface area (Å²) in [5, 5.41) is 10.4. The molecule has 0 aliphatic heterocycles. The summed E-state index contributed by atoms with van der Waals surface area (Å²) in [6.07, 6.45) is 7.31. The van der Waals surface area contributed by atoms with Gasteiger partial charge in [-0.2, -0.15) is 5.48 Å². The molecule has 9 nitrogen and oxygen atoms in total. The number of hydrogen-bond acceptors (Lipinski definition) is 6. The first kappa shape index (κ1) is 29.7. The van der Waals surface area contributed by atoms with Crippen molar-refractivity contribution in [3.05, 3.63) is 114 Å². The van der Waals surface area contributed by atoms with Crippen LogP contribution in [0.1, 0.15) is 59.6 Å². The van der Waals surface area contributed by atoms with Crippen molar-refractivity contribution in [1.82, 2.24) is 20.0 Å². The second kappa shape index (κ2) is 13.2. The lowest BCUT2D eigenvalue weighted by molar-refractivity contribution is -0.141. The number of nitrogens with zero attached hydrogens (tertiary/aromatic N) is 2. The highest BCUT2D eigenvalue weighted by molar-refractivity contribution is 5.99. The number of hydroxylamine groups is 1. The molecule has 1 amide bonds. The van der Waals surface area contributed by atoms with Gasteiger partial charge in [-0.15, -0.1) is 0 Å². The van der Waals surface area contributed by atoms with Gasteiger partial charge in [-0.05, 0) is 79.1 Å². The molecule has 3 N–H and O–H groups in total. The summed E-state index contributed by atoms with van der Waals surface area (Å²) in [5.41, 5.74) is 7.47. The van der Waals surface area contributed by atoms with Crippen LogP contribution < -0.4 is 10.2 Å². The van der Waals surface area contributed by atoms with Crippen LogP contribution in [0.2, 0.25) is 0 Å². The van der Waals surface area contributed by atoms with Gasteiger partial charge in [-0.25, -0.2) is 9.78 Å². The number of H-pyrrole nitrogens is 1. The van der Waals surface area contributed by atoms with Gasteiger partial charge in [0, 0.05) is 40.2 Å². The van der Waals surface area contributed by atoms with Crippen molar-refractivity contribution in [2.24, 2.45) is 0 Å². The van der Waals surface area contributed by atoms with Gasteiger partial charge < -0.3 is 24.2 Å². The van der Waals surface area contributed by atoms with Gasteiger partial charge in [0.2, 0.25) is 0 Å². The van der Waals surface area contributed by atoms with E-state index in [4.69, 9.17) is 14.6 Å². The first-order valence-corrected chi connectivity index (χ1v) is 15.6. The number of hydrogen-bond donors (Lipinski definition) is 3. The van der Waals surface area contributed by atoms with E-state index in [0.717, 1.165) is 59.4 Å². The Labute approximate surface area is 271 Å². The SMILES string of the molecule is O=C(C#Cc1c[nH]c2ccc(O)cc12)ONC(=O)c1ccc2c(c1)nc(-c1ccc(OCc3ccccc3)cc1)n2C1CCCCC1. The fourth-order valence-electron chi connectivity index (χ4n) is 6.10. The van der Waals surface area contributed by atoms with Crippen LogP contribution in [0.3, 0.4) is 0 Å². The van der Waals surface area contributed by atoms with Crippen LogP contribution in [0.4, 0.5) is 0 Å². The molecule has 4 aromatic carbocycles. The predicted octanol–water partition coefficient (Wildman–Crippen LogP) is 7.21. The van der Waals surface area contributed by atoms with Crippen LogP contribution in [0.25, 0.3) is 33.3 Å². The standard InChI is InChI=1S/C38H32N4O5/c43-30-15-18-33-32(22-30)28(23-39-33)14-20-36(44)47-41-38(45)27-13-19-35-34(21-27)40-37(42(35)29-9-5-2-6-10-29)26-11-16-31(17-12-26)46-24-25-7-3-1-4-8-25/h1,3-4,7-8,11-13,15-19,21-23,29,39,43H,2,5-6,9-10,24H2,(H,41,45). The largest absolute Gasteiger partial charge is 0.508 e. The lowest BCUT2D eigenvalue weighted by Gasteiger charge is -2.25. The molecule has 2 aromatic heterocycles. The summed E-state index contributed by atoms with van der Waals surface area (Å²) in [6.45, 7) is 0.489. The number of fused-ring (bicyclic) bond motifs is 2. The molecular weight excluding hydrogens is 592 g/mol. The zero-order valence-electron chi connectivity index (χ0n) is 25.5. The highest BCUT2D eigenvalue weighted by atomic mass is 16.7. The first-order valence-electron chi connectivity index (χ1n) is 15.6. The summed E-state index contributed by atoms with van der Waals surface area (Å²) in [5.74, 6) is 5.27. The summed E-state index contributed by atoms with van der Waals surface area (Å²) >= 11 is 0. The third-order valence-corrected chi connectivity index (χ3v) is 8.45. The Morgan fingerprint density at radius 3 is 2.57 bits per heavy atom. The number of aromatic amines is 1. The van der Waals surface area contributed by atoms with Crippen LogP contribution in [0, 0.1) is 11.8 Å². The lowest BCUT2D eigenvalue weighted by Crippen LogP contribution is -2.26. The van der Waals surface area contributed by atoms with Crippen LogP contribution in [-0.4, -0.2) is 31.5 Å². The molecule has 47 heavy (non-hydrogen) atoms. The molecule has 234 valence electrons. The number of aromatic hydroxyl groups is 1. The number of phenolic OH excluding ortho intramolecular Hbond substituents is 1. The lowest BCUT2D eigenvalue weighted by atomic mass is 9.95. The van der Waals surface area contributed by atoms with E-state index < -0.39 is 11.9 Å². The van der Waals surface area contributed by atoms with Crippen molar-refractivity contribution in [2.75, 3.05) is 0 Å². The average molecular weight is 625 g/mol. The topological polar surface area (TPSA) is 118 Å². The summed E-state index contributed by atoms with van der Waals surface area (Å²) in [7, 11) is 0. The van der Waals surface area contributed by atoms with Crippen molar-refractivity contribution < 1.29 is 24.3 Å². The number of nitrogens with one attached hydrogen (secondary N) is 2. The highest BCUT2D eigenvalue weighted by Crippen LogP contribution is 2.36. The first-order chi connectivity index (χ1) is 23.0. The van der Waals surface area contributed by atoms with E-state index in [9.17, 15) is 14.7 Å². The van der Waals surface area contributed by atoms with E-state index in [2.05, 4.69) is 26.9 Å². The molecule has 1 aliphatic rings. The quantitative estimate of drug-likeness (QED) is 0.133. The smallest absolute Gasteiger partial charge is 0.408 e. The Bertz CT molecular complexity index is 2130. The number of phenols is 1. The molecule has 0 saturated heterocycles. The Hall–Kier alpha value is -6.01. The summed E-state index contributed by atoms with van der Waals surface area (Å²) in [4.78, 5) is 38.3. The normalized spacial score (nSPS) is 13.2. The van der Waals surface area contributed by atoms with Crippen LogP contribution in [0.5, 0.6) is 11.5 Å². The monoisotopic (exact) mass is 624 g/mol. The van der Waals surface area contributed by atoms with Crippen LogP contribution in [-0.2, 0) is 16.2 Å². The molecule has 9 heteroatoms. The number of benzene rings is 4. The molecule has 7 rings (SSSR count). The number of carbonyl (C=O) groups excluding carboxylic acids is 2. The zero-order valence-corrected chi connectivity index (χ0v) is 25.5. The van der Waals surface area contributed by atoms with Gasteiger partial charge in [0.1, 0.15) is 23.9 Å². The number of aromatic nitrogens is 3. The van der Waals surface area contributed by atoms with Crippen molar-refractivity contribution in [3.8, 4) is 34.7 Å². The van der Waals surface area contributed by atoms with E-state index in [1.165, 1.54) is 6.42 Å². The molecule has 0 atom stereocenters. The van der Waals surface area contributed by atoms with E-state index in [1.807, 2.05) is 60.7 Å². The average Bonchev–Trinajstić information content (AvgIpc) is 3.70. The van der Waals surface area contributed by atoms with Gasteiger partial charge in [-0.1, -0.05) is 55.5 Å². The minimum atomic E-state index is -0.922. The molecule has 1 fully saturated rings. The van der Waals surface area contributed by atoms with Gasteiger partial charge in [0.05, 0.1) is 16.6 Å². The molecular formula is C38H32N4O5. The second-order valence-electron chi connectivity index (χ2n) is 11.6. The van der Waals surface area contributed by atoms with Gasteiger partial charge in [-0.3, -0.25) is 4.79 Å². The minimum absolute atomic E-state index is 0.0877. The molecule has 0 spiro atoms. The van der Waals surface area contributed by atoms with Gasteiger partial charge >= 0.3 is 5.97 Å². The fraction of sp³-hybridized carbons (Fsp3) is 0.184. The Morgan fingerprint density at radius 1 is 0.957 bits per heavy atom. The van der Waals surface area contributed by atoms with Crippen molar-refractivity contribution in [2.45, 2.75) is 44.8 Å². The molecule has 0 bridgehead atoms. The maximum absolute atomic E-state index is 13.0. The maximum Gasteiger partial charge on any atom is 0.408 e. The van der Waals surface area contributed by atoms with Crippen molar-refractivity contribution >= 4 is 33.8 Å². The van der Waals surface area contributed by atoms with E-state index in [1.54, 1.807) is 36.5 Å². The summed E-state index contributed by atoms with van der Waals surface area (Å²) in [6, 6.07) is 28.5. The van der Waals surface area contributed by atoms with Crippen LogP contribution >= 0.6 is 0 Å². The van der Waals surface area contributed by atoms with E-state index >= 15 is 0 Å². The zero-order chi connectivity index (χ0) is 32.2. The third kappa shape index (κ3) is 6.53. The predicted molar refractivity (Wildman–Crippen MR) is 178 cm³/mol. The Balaban J connectivity index is 1.08. The minimum Gasteiger partial charge on any atom is -0.508 e. The number of ether oxygens (including phenoxy) is 1. The molecule has 1 saturated carbocycles. The van der Waals surface area contributed by atoms with E-state index in [0.29, 0.717) is 34.7 Å². The second-order valence-corrected chi connectivity index (χ2v) is 11.6. The molecule has 6 aromatic rings. The van der Waals surface area contributed by atoms with Crippen molar-refractivity contribution in [3.63, 3.8) is 0 Å². The number of rotatable bonds is 6. The van der Waals surface area contributed by atoms with Gasteiger partial charge in [0.25, 0.3) is 5.91 Å². The van der Waals surface area contributed by atoms with Crippen LogP contribution in [0.15, 0.2) is 97.2 Å². The number of amides is 1. The number of imidazole rings is 1. The fourth-order valence-corrected chi connectivity index (χ4v) is 6.10. The summed E-state index contributed by atoms with van der Waals surface area (Å²) < 4.78 is 8.30. The molecule has 0 unspecified atom stereocenters. The molecule has 1 aliphatic carbocycles. The van der Waals surface area contributed by atoms with Crippen molar-refractivity contribution in [1.29, 1.82) is 0 Å². The highest BCUT2D eigenvalue weighted by Gasteiger charge is 2.23. The molecule has 0 radical (unpaired) electrons. The maximum atomic E-state index is 13.0. The number of carbonyl (C=O) groups is 2.